The second-order valence-electron chi connectivity index (χ2n) is 5.27. The first-order valence-electron chi connectivity index (χ1n) is 7.61. The summed E-state index contributed by atoms with van der Waals surface area (Å²) in [5.41, 5.74) is 0.999. The van der Waals surface area contributed by atoms with Gasteiger partial charge in [0.25, 0.3) is 0 Å². The monoisotopic (exact) mass is 288 g/mol. The number of ether oxygens (including phenoxy) is 1. The molecule has 0 aliphatic carbocycles. The van der Waals surface area contributed by atoms with E-state index in [0.29, 0.717) is 0 Å². The van der Waals surface area contributed by atoms with E-state index >= 15 is 0 Å². The Morgan fingerprint density at radius 1 is 1.33 bits per heavy atom. The maximum Gasteiger partial charge on any atom is 0.194 e. The van der Waals surface area contributed by atoms with E-state index < -0.39 is 0 Å². The molecule has 1 heterocycles. The first-order valence-corrected chi connectivity index (χ1v) is 7.61. The van der Waals surface area contributed by atoms with Gasteiger partial charge in [0.1, 0.15) is 5.75 Å². The Hall–Kier alpha value is -1.81. The van der Waals surface area contributed by atoms with E-state index in [1.165, 1.54) is 0 Å². The summed E-state index contributed by atoms with van der Waals surface area (Å²) < 4.78 is 11.5. The molecule has 0 aliphatic heterocycles. The molecule has 21 heavy (non-hydrogen) atoms. The average Bonchev–Trinajstić information content (AvgIpc) is 2.92. The Morgan fingerprint density at radius 3 is 2.95 bits per heavy atom. The highest BCUT2D eigenvalue weighted by Crippen LogP contribution is 2.25. The van der Waals surface area contributed by atoms with Gasteiger partial charge >= 0.3 is 0 Å². The lowest BCUT2D eigenvalue weighted by Crippen LogP contribution is -2.14. The van der Waals surface area contributed by atoms with Crippen LogP contribution < -0.4 is 10.1 Å². The van der Waals surface area contributed by atoms with Gasteiger partial charge in [-0.3, -0.25) is 0 Å². The molecule has 1 N–H and O–H groups in total. The Morgan fingerprint density at radius 2 is 2.19 bits per heavy atom. The summed E-state index contributed by atoms with van der Waals surface area (Å²) in [4.78, 5) is 4.35. The molecule has 0 saturated heterocycles. The number of rotatable bonds is 8. The molecule has 0 aliphatic rings. The van der Waals surface area contributed by atoms with Gasteiger partial charge in [-0.15, -0.1) is 0 Å². The van der Waals surface area contributed by atoms with Crippen LogP contribution in [0.2, 0.25) is 0 Å². The van der Waals surface area contributed by atoms with Crippen molar-refractivity contribution < 1.29 is 9.15 Å². The molecule has 1 aromatic heterocycles. The van der Waals surface area contributed by atoms with Crippen molar-refractivity contribution in [1.82, 2.24) is 10.3 Å². The molecule has 0 unspecified atom stereocenters. The van der Waals surface area contributed by atoms with Crippen LogP contribution in [0, 0.1) is 0 Å². The summed E-state index contributed by atoms with van der Waals surface area (Å²) in [6.45, 7) is 8.13. The fourth-order valence-corrected chi connectivity index (χ4v) is 2.10. The molecule has 4 heteroatoms. The van der Waals surface area contributed by atoms with Gasteiger partial charge in [0, 0.05) is 12.0 Å². The zero-order valence-corrected chi connectivity index (χ0v) is 13.1. The minimum Gasteiger partial charge on any atom is -0.491 e. The van der Waals surface area contributed by atoms with Crippen LogP contribution >= 0.6 is 0 Å². The fraction of sp³-hybridized carbons (Fsp3) is 0.471. The van der Waals surface area contributed by atoms with Gasteiger partial charge in [-0.1, -0.05) is 19.1 Å². The molecule has 4 nitrogen and oxygen atoms in total. The van der Waals surface area contributed by atoms with E-state index in [0.717, 1.165) is 48.9 Å². The van der Waals surface area contributed by atoms with Crippen molar-refractivity contribution in [3.05, 3.63) is 36.4 Å². The maximum atomic E-state index is 5.82. The number of aromatic nitrogens is 1. The standard InChI is InChI=1S/C17H24N2O2/c1-4-18-10-6-9-17-19-12-16(21-17)14-7-5-8-15(11-14)20-13(2)3/h5,7-8,11-13,18H,4,6,9-10H2,1-3H3. The Balaban J connectivity index is 2.00. The predicted molar refractivity (Wildman–Crippen MR) is 84.6 cm³/mol. The summed E-state index contributed by atoms with van der Waals surface area (Å²) in [5.74, 6) is 2.44. The topological polar surface area (TPSA) is 47.3 Å². The summed E-state index contributed by atoms with van der Waals surface area (Å²) >= 11 is 0. The number of nitrogens with zero attached hydrogens (tertiary/aromatic N) is 1. The fourth-order valence-electron chi connectivity index (χ4n) is 2.10. The minimum absolute atomic E-state index is 0.164. The lowest BCUT2D eigenvalue weighted by atomic mass is 10.2. The molecular formula is C17H24N2O2. The van der Waals surface area contributed by atoms with E-state index in [9.17, 15) is 0 Å². The summed E-state index contributed by atoms with van der Waals surface area (Å²) in [7, 11) is 0. The van der Waals surface area contributed by atoms with Crippen LogP contribution in [-0.2, 0) is 6.42 Å². The van der Waals surface area contributed by atoms with Gasteiger partial charge in [0.2, 0.25) is 0 Å². The van der Waals surface area contributed by atoms with Crippen LogP contribution in [0.25, 0.3) is 11.3 Å². The third-order valence-corrected chi connectivity index (χ3v) is 3.04. The smallest absolute Gasteiger partial charge is 0.194 e. The largest absolute Gasteiger partial charge is 0.491 e. The normalized spacial score (nSPS) is 11.0. The number of benzene rings is 1. The maximum absolute atomic E-state index is 5.82. The lowest BCUT2D eigenvalue weighted by molar-refractivity contribution is 0.242. The van der Waals surface area contributed by atoms with Crippen molar-refractivity contribution in [2.24, 2.45) is 0 Å². The highest BCUT2D eigenvalue weighted by molar-refractivity contribution is 5.58. The van der Waals surface area contributed by atoms with Crippen molar-refractivity contribution in [2.75, 3.05) is 13.1 Å². The predicted octanol–water partition coefficient (Wildman–Crippen LogP) is 3.67. The molecule has 0 atom stereocenters. The van der Waals surface area contributed by atoms with E-state index in [2.05, 4.69) is 17.2 Å². The summed E-state index contributed by atoms with van der Waals surface area (Å²) in [6, 6.07) is 7.93. The van der Waals surface area contributed by atoms with Crippen LogP contribution in [0.3, 0.4) is 0 Å². The summed E-state index contributed by atoms with van der Waals surface area (Å²) in [5, 5.41) is 3.30. The van der Waals surface area contributed by atoms with E-state index in [1.54, 1.807) is 6.20 Å². The number of oxazole rings is 1. The van der Waals surface area contributed by atoms with Crippen molar-refractivity contribution >= 4 is 0 Å². The first kappa shape index (κ1) is 15.6. The molecular weight excluding hydrogens is 264 g/mol. The van der Waals surface area contributed by atoms with Crippen molar-refractivity contribution in [3.63, 3.8) is 0 Å². The zero-order valence-electron chi connectivity index (χ0n) is 13.1. The third kappa shape index (κ3) is 4.90. The van der Waals surface area contributed by atoms with Crippen LogP contribution in [0.1, 0.15) is 33.1 Å². The minimum atomic E-state index is 0.164. The molecule has 2 aromatic rings. The quantitative estimate of drug-likeness (QED) is 0.753. The molecule has 0 fully saturated rings. The van der Waals surface area contributed by atoms with Crippen LogP contribution in [0.4, 0.5) is 0 Å². The SMILES string of the molecule is CCNCCCc1ncc(-c2cccc(OC(C)C)c2)o1. The van der Waals surface area contributed by atoms with Gasteiger partial charge in [-0.2, -0.15) is 0 Å². The van der Waals surface area contributed by atoms with Crippen molar-refractivity contribution in [1.29, 1.82) is 0 Å². The highest BCUT2D eigenvalue weighted by Gasteiger charge is 2.08. The van der Waals surface area contributed by atoms with Crippen molar-refractivity contribution in [2.45, 2.75) is 39.7 Å². The van der Waals surface area contributed by atoms with Gasteiger partial charge < -0.3 is 14.5 Å². The lowest BCUT2D eigenvalue weighted by Gasteiger charge is -2.09. The van der Waals surface area contributed by atoms with Gasteiger partial charge in [0.05, 0.1) is 12.3 Å². The van der Waals surface area contributed by atoms with Crippen molar-refractivity contribution in [3.8, 4) is 17.1 Å². The number of hydrogen-bond acceptors (Lipinski definition) is 4. The van der Waals surface area contributed by atoms with Gasteiger partial charge in [-0.05, 0) is 45.5 Å². The number of nitrogens with one attached hydrogen (secondary N) is 1. The molecule has 0 spiro atoms. The van der Waals surface area contributed by atoms with Crippen LogP contribution in [0.5, 0.6) is 5.75 Å². The van der Waals surface area contributed by atoms with Gasteiger partial charge in [-0.25, -0.2) is 4.98 Å². The molecule has 0 amide bonds. The molecule has 0 saturated carbocycles. The van der Waals surface area contributed by atoms with Crippen LogP contribution in [-0.4, -0.2) is 24.2 Å². The Bertz CT molecular complexity index is 549. The van der Waals surface area contributed by atoms with Crippen LogP contribution in [0.15, 0.2) is 34.9 Å². The summed E-state index contributed by atoms with van der Waals surface area (Å²) in [6.07, 6.45) is 3.84. The zero-order chi connectivity index (χ0) is 15.1. The molecule has 1 aromatic carbocycles. The molecule has 0 bridgehead atoms. The Kier molecular flexibility index (Phi) is 5.81. The average molecular weight is 288 g/mol. The highest BCUT2D eigenvalue weighted by atomic mass is 16.5. The number of hydrogen-bond donors (Lipinski definition) is 1. The molecule has 2 rings (SSSR count). The second kappa shape index (κ2) is 7.84. The molecule has 114 valence electrons. The number of aryl methyl sites for hydroxylation is 1. The van der Waals surface area contributed by atoms with E-state index in [4.69, 9.17) is 9.15 Å². The molecule has 0 radical (unpaired) electrons. The Labute approximate surface area is 126 Å². The first-order chi connectivity index (χ1) is 10.2. The second-order valence-corrected chi connectivity index (χ2v) is 5.27. The van der Waals surface area contributed by atoms with E-state index in [-0.39, 0.29) is 6.10 Å². The van der Waals surface area contributed by atoms with E-state index in [1.807, 2.05) is 38.1 Å². The van der Waals surface area contributed by atoms with Gasteiger partial charge in [0.15, 0.2) is 11.7 Å². The third-order valence-electron chi connectivity index (χ3n) is 3.04.